The highest BCUT2D eigenvalue weighted by molar-refractivity contribution is 5.85. The molecule has 4 nitrogen and oxygen atoms in total. The number of carbonyl (C=O) groups is 1. The molecule has 0 fully saturated rings. The Labute approximate surface area is 135 Å². The van der Waals surface area contributed by atoms with Crippen molar-refractivity contribution in [1.29, 1.82) is 0 Å². The molecule has 0 amide bonds. The first kappa shape index (κ1) is 15.3. The lowest BCUT2D eigenvalue weighted by Crippen LogP contribution is -2.02. The van der Waals surface area contributed by atoms with Crippen molar-refractivity contribution in [3.63, 3.8) is 0 Å². The standard InChI is InChI=1S/C19H19NO3/c20-9-3-6-16-15-5-2-1-4-14(15)12-23-18-8-7-13(10-17(16)18)11-19(21)22/h1-2,4-8,10H,3,9,11-12,20H2,(H,21,22)/b16-6+. The predicted octanol–water partition coefficient (Wildman–Crippen LogP) is 2.99. The number of benzene rings is 2. The highest BCUT2D eigenvalue weighted by Crippen LogP contribution is 2.37. The van der Waals surface area contributed by atoms with Crippen LogP contribution in [0.15, 0.2) is 48.5 Å². The topological polar surface area (TPSA) is 72.5 Å². The van der Waals surface area contributed by atoms with Crippen LogP contribution in [0, 0.1) is 0 Å². The molecule has 3 rings (SSSR count). The zero-order chi connectivity index (χ0) is 16.2. The zero-order valence-electron chi connectivity index (χ0n) is 12.8. The fourth-order valence-electron chi connectivity index (χ4n) is 2.86. The van der Waals surface area contributed by atoms with Crippen molar-refractivity contribution in [2.75, 3.05) is 6.54 Å². The molecule has 0 unspecified atom stereocenters. The molecule has 118 valence electrons. The first-order valence-corrected chi connectivity index (χ1v) is 7.65. The largest absolute Gasteiger partial charge is 0.488 e. The number of fused-ring (bicyclic) bond motifs is 2. The number of nitrogens with two attached hydrogens (primary N) is 1. The Morgan fingerprint density at radius 1 is 1.22 bits per heavy atom. The molecule has 23 heavy (non-hydrogen) atoms. The van der Waals surface area contributed by atoms with E-state index in [0.717, 1.165) is 40.0 Å². The van der Waals surface area contributed by atoms with E-state index < -0.39 is 5.97 Å². The lowest BCUT2D eigenvalue weighted by Gasteiger charge is -2.12. The quantitative estimate of drug-likeness (QED) is 0.910. The molecule has 1 heterocycles. The highest BCUT2D eigenvalue weighted by Gasteiger charge is 2.19. The predicted molar refractivity (Wildman–Crippen MR) is 89.3 cm³/mol. The molecule has 4 heteroatoms. The number of carboxylic acid groups (broad SMARTS) is 1. The van der Waals surface area contributed by atoms with E-state index in [-0.39, 0.29) is 6.42 Å². The van der Waals surface area contributed by atoms with E-state index in [1.807, 2.05) is 30.3 Å². The van der Waals surface area contributed by atoms with Crippen molar-refractivity contribution >= 4 is 11.5 Å². The summed E-state index contributed by atoms with van der Waals surface area (Å²) in [6.07, 6.45) is 2.86. The van der Waals surface area contributed by atoms with E-state index in [1.165, 1.54) is 0 Å². The van der Waals surface area contributed by atoms with Gasteiger partial charge in [0.1, 0.15) is 12.4 Å². The van der Waals surface area contributed by atoms with Crippen molar-refractivity contribution < 1.29 is 14.6 Å². The summed E-state index contributed by atoms with van der Waals surface area (Å²) in [6, 6.07) is 13.7. The van der Waals surface area contributed by atoms with Gasteiger partial charge in [0.15, 0.2) is 0 Å². The molecule has 3 N–H and O–H groups in total. The molecule has 0 aliphatic carbocycles. The number of hydrogen-bond acceptors (Lipinski definition) is 3. The monoisotopic (exact) mass is 309 g/mol. The van der Waals surface area contributed by atoms with Crippen LogP contribution in [0.1, 0.15) is 28.7 Å². The average Bonchev–Trinajstić information content (AvgIpc) is 2.69. The van der Waals surface area contributed by atoms with Crippen molar-refractivity contribution in [1.82, 2.24) is 0 Å². The molecule has 1 aliphatic heterocycles. The fourth-order valence-corrected chi connectivity index (χ4v) is 2.86. The molecular weight excluding hydrogens is 290 g/mol. The van der Waals surface area contributed by atoms with E-state index in [1.54, 1.807) is 0 Å². The molecular formula is C19H19NO3. The Bertz CT molecular complexity index is 765. The molecule has 0 aromatic heterocycles. The minimum Gasteiger partial charge on any atom is -0.488 e. The molecule has 0 atom stereocenters. The minimum absolute atomic E-state index is 0.000897. The van der Waals surface area contributed by atoms with E-state index in [4.69, 9.17) is 15.6 Å². The van der Waals surface area contributed by atoms with E-state index >= 15 is 0 Å². The van der Waals surface area contributed by atoms with Crippen LogP contribution < -0.4 is 10.5 Å². The normalized spacial score (nSPS) is 14.6. The third kappa shape index (κ3) is 3.27. The summed E-state index contributed by atoms with van der Waals surface area (Å²) in [5.74, 6) is -0.0639. The highest BCUT2D eigenvalue weighted by atomic mass is 16.5. The minimum atomic E-state index is -0.840. The molecule has 0 saturated heterocycles. The number of hydrogen-bond donors (Lipinski definition) is 2. The van der Waals surface area contributed by atoms with Crippen LogP contribution in [0.2, 0.25) is 0 Å². The van der Waals surface area contributed by atoms with Gasteiger partial charge in [-0.1, -0.05) is 36.4 Å². The lowest BCUT2D eigenvalue weighted by molar-refractivity contribution is -0.136. The molecule has 1 aliphatic rings. The first-order valence-electron chi connectivity index (χ1n) is 7.65. The summed E-state index contributed by atoms with van der Waals surface area (Å²) in [6.45, 7) is 1.07. The van der Waals surface area contributed by atoms with Gasteiger partial charge >= 0.3 is 5.97 Å². The van der Waals surface area contributed by atoms with Crippen LogP contribution in [0.25, 0.3) is 5.57 Å². The Hall–Kier alpha value is -2.59. The van der Waals surface area contributed by atoms with E-state index in [2.05, 4.69) is 18.2 Å². The maximum Gasteiger partial charge on any atom is 0.307 e. The number of ether oxygens (including phenoxy) is 1. The van der Waals surface area contributed by atoms with Crippen molar-refractivity contribution in [3.05, 3.63) is 70.8 Å². The third-order valence-electron chi connectivity index (χ3n) is 3.90. The van der Waals surface area contributed by atoms with E-state index in [9.17, 15) is 4.79 Å². The van der Waals surface area contributed by atoms with Gasteiger partial charge in [-0.05, 0) is 47.4 Å². The summed E-state index contributed by atoms with van der Waals surface area (Å²) in [7, 11) is 0. The number of carboxylic acids is 1. The second-order valence-corrected chi connectivity index (χ2v) is 5.54. The molecule has 0 spiro atoms. The van der Waals surface area contributed by atoms with Crippen LogP contribution in [-0.2, 0) is 17.8 Å². The summed E-state index contributed by atoms with van der Waals surface area (Å²) in [5, 5.41) is 9.03. The van der Waals surface area contributed by atoms with Gasteiger partial charge in [-0.15, -0.1) is 0 Å². The zero-order valence-corrected chi connectivity index (χ0v) is 12.8. The second-order valence-electron chi connectivity index (χ2n) is 5.54. The fraction of sp³-hybridized carbons (Fsp3) is 0.211. The molecule has 0 radical (unpaired) electrons. The molecule has 2 aromatic carbocycles. The van der Waals surface area contributed by atoms with E-state index in [0.29, 0.717) is 13.2 Å². The average molecular weight is 309 g/mol. The summed E-state index contributed by atoms with van der Waals surface area (Å²) >= 11 is 0. The number of aliphatic carboxylic acids is 1. The molecule has 0 bridgehead atoms. The van der Waals surface area contributed by atoms with Gasteiger partial charge < -0.3 is 15.6 Å². The second kappa shape index (κ2) is 6.67. The molecule has 2 aromatic rings. The Morgan fingerprint density at radius 3 is 2.83 bits per heavy atom. The first-order chi connectivity index (χ1) is 11.2. The van der Waals surface area contributed by atoms with Crippen LogP contribution in [0.3, 0.4) is 0 Å². The molecule has 0 saturated carbocycles. The van der Waals surface area contributed by atoms with Gasteiger partial charge in [0.2, 0.25) is 0 Å². The summed E-state index contributed by atoms with van der Waals surface area (Å²) < 4.78 is 5.93. The Kier molecular flexibility index (Phi) is 4.44. The van der Waals surface area contributed by atoms with Crippen molar-refractivity contribution in [2.24, 2.45) is 5.73 Å². The van der Waals surface area contributed by atoms with Gasteiger partial charge in [-0.3, -0.25) is 4.79 Å². The third-order valence-corrected chi connectivity index (χ3v) is 3.90. The van der Waals surface area contributed by atoms with Gasteiger partial charge in [-0.25, -0.2) is 0 Å². The Morgan fingerprint density at radius 2 is 2.04 bits per heavy atom. The SMILES string of the molecule is NCC/C=C1\c2ccccc2COc2ccc(CC(=O)O)cc21. The van der Waals surface area contributed by atoms with Crippen LogP contribution >= 0.6 is 0 Å². The lowest BCUT2D eigenvalue weighted by atomic mass is 9.92. The van der Waals surface area contributed by atoms with Crippen LogP contribution in [-0.4, -0.2) is 17.6 Å². The van der Waals surface area contributed by atoms with Gasteiger partial charge in [-0.2, -0.15) is 0 Å². The van der Waals surface area contributed by atoms with Gasteiger partial charge in [0.05, 0.1) is 6.42 Å². The van der Waals surface area contributed by atoms with Crippen LogP contribution in [0.5, 0.6) is 5.75 Å². The van der Waals surface area contributed by atoms with Gasteiger partial charge in [0, 0.05) is 5.56 Å². The number of rotatable bonds is 4. The summed E-state index contributed by atoms with van der Waals surface area (Å²) in [4.78, 5) is 11.0. The maximum atomic E-state index is 11.0. The van der Waals surface area contributed by atoms with Gasteiger partial charge in [0.25, 0.3) is 0 Å². The smallest absolute Gasteiger partial charge is 0.307 e. The maximum absolute atomic E-state index is 11.0. The summed E-state index contributed by atoms with van der Waals surface area (Å²) in [5.41, 5.74) is 10.7. The Balaban J connectivity index is 2.14. The van der Waals surface area contributed by atoms with Crippen molar-refractivity contribution in [2.45, 2.75) is 19.4 Å². The van der Waals surface area contributed by atoms with Crippen molar-refractivity contribution in [3.8, 4) is 5.75 Å². The van der Waals surface area contributed by atoms with Crippen LogP contribution in [0.4, 0.5) is 0 Å².